The zero-order chi connectivity index (χ0) is 15.1. The first-order valence-corrected chi connectivity index (χ1v) is 7.79. The van der Waals surface area contributed by atoms with Gasteiger partial charge >= 0.3 is 0 Å². The summed E-state index contributed by atoms with van der Waals surface area (Å²) in [5, 5.41) is 6.57. The van der Waals surface area contributed by atoms with Gasteiger partial charge in [0, 0.05) is 19.0 Å². The molecule has 1 rings (SSSR count). The van der Waals surface area contributed by atoms with Crippen molar-refractivity contribution in [2.45, 2.75) is 40.5 Å². The number of carbonyl (C=O) groups excluding carboxylic acids is 2. The molecule has 0 aromatic carbocycles. The van der Waals surface area contributed by atoms with Crippen LogP contribution in [0.2, 0.25) is 0 Å². The van der Waals surface area contributed by atoms with E-state index >= 15 is 0 Å². The van der Waals surface area contributed by atoms with Gasteiger partial charge in [-0.15, -0.1) is 11.3 Å². The minimum Gasteiger partial charge on any atom is -0.354 e. The van der Waals surface area contributed by atoms with Gasteiger partial charge in [-0.05, 0) is 19.8 Å². The van der Waals surface area contributed by atoms with Gasteiger partial charge in [0.2, 0.25) is 5.91 Å². The molecular formula is C14H23N3O2S. The Morgan fingerprint density at radius 2 is 1.90 bits per heavy atom. The van der Waals surface area contributed by atoms with E-state index in [1.54, 1.807) is 0 Å². The number of carbonyl (C=O) groups is 2. The highest BCUT2D eigenvalue weighted by molar-refractivity contribution is 7.13. The largest absolute Gasteiger partial charge is 0.354 e. The van der Waals surface area contributed by atoms with Gasteiger partial charge in [0.1, 0.15) is 4.88 Å². The molecule has 0 atom stereocenters. The van der Waals surface area contributed by atoms with Gasteiger partial charge in [-0.3, -0.25) is 9.59 Å². The molecule has 0 aliphatic rings. The number of hydrogen-bond donors (Lipinski definition) is 2. The second-order valence-corrected chi connectivity index (χ2v) is 6.06. The number of nitrogens with zero attached hydrogens (tertiary/aromatic N) is 1. The Labute approximate surface area is 124 Å². The van der Waals surface area contributed by atoms with Crippen LogP contribution in [0.3, 0.4) is 0 Å². The molecule has 2 N–H and O–H groups in total. The van der Waals surface area contributed by atoms with Crippen molar-refractivity contribution in [2.75, 3.05) is 13.1 Å². The van der Waals surface area contributed by atoms with Crippen LogP contribution in [0.25, 0.3) is 0 Å². The lowest BCUT2D eigenvalue weighted by atomic mass is 10.2. The smallest absolute Gasteiger partial charge is 0.263 e. The van der Waals surface area contributed by atoms with Gasteiger partial charge < -0.3 is 10.6 Å². The molecule has 0 bridgehead atoms. The topological polar surface area (TPSA) is 71.1 Å². The van der Waals surface area contributed by atoms with Crippen molar-refractivity contribution in [2.24, 2.45) is 5.92 Å². The highest BCUT2D eigenvalue weighted by Gasteiger charge is 2.14. The van der Waals surface area contributed by atoms with Gasteiger partial charge in [-0.25, -0.2) is 4.98 Å². The van der Waals surface area contributed by atoms with Crippen molar-refractivity contribution in [3.05, 3.63) is 15.6 Å². The Kier molecular flexibility index (Phi) is 6.64. The van der Waals surface area contributed by atoms with E-state index in [1.165, 1.54) is 11.3 Å². The van der Waals surface area contributed by atoms with Crippen LogP contribution in [0.15, 0.2) is 0 Å². The van der Waals surface area contributed by atoms with Crippen molar-refractivity contribution >= 4 is 23.2 Å². The van der Waals surface area contributed by atoms with Crippen LogP contribution in [0.5, 0.6) is 0 Å². The zero-order valence-corrected chi connectivity index (χ0v) is 13.4. The number of thiazole rings is 1. The molecule has 0 fully saturated rings. The molecule has 0 radical (unpaired) electrons. The molecule has 0 aliphatic heterocycles. The molecule has 112 valence electrons. The minimum atomic E-state index is -0.110. The van der Waals surface area contributed by atoms with Crippen LogP contribution < -0.4 is 10.6 Å². The molecule has 1 aromatic rings. The molecule has 6 heteroatoms. The summed E-state index contributed by atoms with van der Waals surface area (Å²) in [6.07, 6.45) is 1.93. The molecule has 1 aromatic heterocycles. The van der Waals surface area contributed by atoms with Gasteiger partial charge in [0.05, 0.1) is 10.7 Å². The SMILES string of the molecule is CCCc1nc(C)c(C(=O)NCCNC(=O)C(C)C)s1. The third-order valence-corrected chi connectivity index (χ3v) is 3.96. The van der Waals surface area contributed by atoms with Crippen LogP contribution in [-0.4, -0.2) is 29.9 Å². The van der Waals surface area contributed by atoms with E-state index in [9.17, 15) is 9.59 Å². The summed E-state index contributed by atoms with van der Waals surface area (Å²) >= 11 is 1.45. The van der Waals surface area contributed by atoms with Crippen LogP contribution in [0.1, 0.15) is 47.6 Å². The Bertz CT molecular complexity index is 469. The minimum absolute atomic E-state index is 0.00143. The molecule has 5 nitrogen and oxygen atoms in total. The number of rotatable bonds is 7. The van der Waals surface area contributed by atoms with Crippen molar-refractivity contribution in [1.82, 2.24) is 15.6 Å². The molecule has 0 spiro atoms. The lowest BCUT2D eigenvalue weighted by molar-refractivity contribution is -0.123. The Hall–Kier alpha value is -1.43. The van der Waals surface area contributed by atoms with E-state index in [-0.39, 0.29) is 17.7 Å². The number of hydrogen-bond acceptors (Lipinski definition) is 4. The third kappa shape index (κ3) is 4.92. The summed E-state index contributed by atoms with van der Waals surface area (Å²) in [6.45, 7) is 8.49. The highest BCUT2D eigenvalue weighted by atomic mass is 32.1. The average molecular weight is 297 g/mol. The molecule has 20 heavy (non-hydrogen) atoms. The van der Waals surface area contributed by atoms with Crippen LogP contribution >= 0.6 is 11.3 Å². The maximum atomic E-state index is 12.0. The zero-order valence-electron chi connectivity index (χ0n) is 12.6. The molecule has 0 saturated heterocycles. The van der Waals surface area contributed by atoms with E-state index in [0.29, 0.717) is 18.0 Å². The number of aromatic nitrogens is 1. The van der Waals surface area contributed by atoms with Gasteiger partial charge in [0.25, 0.3) is 5.91 Å². The van der Waals surface area contributed by atoms with Gasteiger partial charge in [-0.2, -0.15) is 0 Å². The normalized spacial score (nSPS) is 10.7. The standard InChI is InChI=1S/C14H23N3O2S/c1-5-6-11-17-10(4)12(20-11)14(19)16-8-7-15-13(18)9(2)3/h9H,5-8H2,1-4H3,(H,15,18)(H,16,19). The van der Waals surface area contributed by atoms with Crippen molar-refractivity contribution in [3.8, 4) is 0 Å². The molecule has 1 heterocycles. The third-order valence-electron chi connectivity index (χ3n) is 2.75. The first-order chi connectivity index (χ1) is 9.45. The number of amides is 2. The maximum absolute atomic E-state index is 12.0. The summed E-state index contributed by atoms with van der Waals surface area (Å²) in [5.41, 5.74) is 0.780. The Morgan fingerprint density at radius 3 is 2.50 bits per heavy atom. The van der Waals surface area contributed by atoms with Crippen molar-refractivity contribution < 1.29 is 9.59 Å². The second kappa shape index (κ2) is 7.99. The fraction of sp³-hybridized carbons (Fsp3) is 0.643. The monoisotopic (exact) mass is 297 g/mol. The second-order valence-electron chi connectivity index (χ2n) is 4.97. The predicted molar refractivity (Wildman–Crippen MR) is 81.0 cm³/mol. The summed E-state index contributed by atoms with van der Waals surface area (Å²) in [5.74, 6) is -0.148. The maximum Gasteiger partial charge on any atom is 0.263 e. The van der Waals surface area contributed by atoms with Gasteiger partial charge in [-0.1, -0.05) is 20.8 Å². The molecule has 0 unspecified atom stereocenters. The Balaban J connectivity index is 2.41. The number of nitrogens with one attached hydrogen (secondary N) is 2. The van der Waals surface area contributed by atoms with Crippen LogP contribution in [0.4, 0.5) is 0 Å². The molecular weight excluding hydrogens is 274 g/mol. The van der Waals surface area contributed by atoms with Gasteiger partial charge in [0.15, 0.2) is 0 Å². The first-order valence-electron chi connectivity index (χ1n) is 6.97. The Morgan fingerprint density at radius 1 is 1.25 bits per heavy atom. The first kappa shape index (κ1) is 16.6. The van der Waals surface area contributed by atoms with E-state index in [1.807, 2.05) is 20.8 Å². The lowest BCUT2D eigenvalue weighted by Crippen LogP contribution is -2.36. The molecule has 0 saturated carbocycles. The van der Waals surface area contributed by atoms with Crippen LogP contribution in [0, 0.1) is 12.8 Å². The van der Waals surface area contributed by atoms with E-state index in [2.05, 4.69) is 22.5 Å². The van der Waals surface area contributed by atoms with E-state index in [0.717, 1.165) is 23.5 Å². The fourth-order valence-corrected chi connectivity index (χ4v) is 2.71. The molecule has 0 aliphatic carbocycles. The summed E-state index contributed by atoms with van der Waals surface area (Å²) in [7, 11) is 0. The lowest BCUT2D eigenvalue weighted by Gasteiger charge is -2.08. The fourth-order valence-electron chi connectivity index (χ4n) is 1.63. The summed E-state index contributed by atoms with van der Waals surface area (Å²) in [6, 6.07) is 0. The highest BCUT2D eigenvalue weighted by Crippen LogP contribution is 2.19. The van der Waals surface area contributed by atoms with E-state index in [4.69, 9.17) is 0 Å². The predicted octanol–water partition coefficient (Wildman–Crippen LogP) is 1.91. The average Bonchev–Trinajstić information content (AvgIpc) is 2.75. The summed E-state index contributed by atoms with van der Waals surface area (Å²) < 4.78 is 0. The van der Waals surface area contributed by atoms with E-state index < -0.39 is 0 Å². The molecule has 2 amide bonds. The van der Waals surface area contributed by atoms with Crippen molar-refractivity contribution in [1.29, 1.82) is 0 Å². The van der Waals surface area contributed by atoms with Crippen LogP contribution in [-0.2, 0) is 11.2 Å². The van der Waals surface area contributed by atoms with Crippen molar-refractivity contribution in [3.63, 3.8) is 0 Å². The quantitative estimate of drug-likeness (QED) is 0.755. The summed E-state index contributed by atoms with van der Waals surface area (Å²) in [4.78, 5) is 28.4. The number of aryl methyl sites for hydroxylation is 2.